The van der Waals surface area contributed by atoms with Gasteiger partial charge in [0.1, 0.15) is 6.26 Å². The number of benzene rings is 1. The van der Waals surface area contributed by atoms with E-state index in [4.69, 9.17) is 9.15 Å². The molecule has 0 aliphatic carbocycles. The molecule has 6 heteroatoms. The van der Waals surface area contributed by atoms with Crippen LogP contribution >= 0.6 is 0 Å². The molecule has 2 aromatic rings. The summed E-state index contributed by atoms with van der Waals surface area (Å²) in [5.41, 5.74) is 1.27. The molecule has 0 unspecified atom stereocenters. The van der Waals surface area contributed by atoms with Gasteiger partial charge in [-0.25, -0.2) is 4.79 Å². The lowest BCUT2D eigenvalue weighted by molar-refractivity contribution is -0.116. The first kappa shape index (κ1) is 17.5. The smallest absolute Gasteiger partial charge is 0.341 e. The lowest BCUT2D eigenvalue weighted by atomic mass is 10.1. The second-order valence-electron chi connectivity index (χ2n) is 5.73. The van der Waals surface area contributed by atoms with Crippen LogP contribution in [-0.2, 0) is 9.53 Å². The first-order chi connectivity index (χ1) is 11.5. The Labute approximate surface area is 139 Å². The quantitative estimate of drug-likeness (QED) is 0.622. The van der Waals surface area contributed by atoms with Crippen LogP contribution in [0.1, 0.15) is 41.0 Å². The summed E-state index contributed by atoms with van der Waals surface area (Å²) in [6, 6.07) is 7.91. The van der Waals surface area contributed by atoms with Crippen LogP contribution in [0.15, 0.2) is 47.3 Å². The fraction of sp³-hybridized carbons (Fsp3) is 0.278. The summed E-state index contributed by atoms with van der Waals surface area (Å²) in [5, 5.41) is 2.76. The van der Waals surface area contributed by atoms with Crippen LogP contribution in [0.5, 0.6) is 0 Å². The van der Waals surface area contributed by atoms with Crippen LogP contribution < -0.4 is 5.32 Å². The highest BCUT2D eigenvalue weighted by Crippen LogP contribution is 2.12. The van der Waals surface area contributed by atoms with Crippen molar-refractivity contribution in [2.24, 2.45) is 5.92 Å². The number of furan rings is 1. The Bertz CT molecular complexity index is 702. The lowest BCUT2D eigenvalue weighted by Crippen LogP contribution is -2.15. The van der Waals surface area contributed by atoms with Crippen molar-refractivity contribution in [2.45, 2.75) is 20.3 Å². The third-order valence-corrected chi connectivity index (χ3v) is 3.18. The molecule has 0 aliphatic heterocycles. The van der Waals surface area contributed by atoms with Gasteiger partial charge in [0.25, 0.3) is 0 Å². The van der Waals surface area contributed by atoms with E-state index >= 15 is 0 Å². The summed E-state index contributed by atoms with van der Waals surface area (Å²) >= 11 is 0. The maximum atomic E-state index is 12.0. The molecular weight excluding hydrogens is 310 g/mol. The average Bonchev–Trinajstić information content (AvgIpc) is 3.06. The number of hydrogen-bond donors (Lipinski definition) is 1. The second kappa shape index (κ2) is 8.10. The second-order valence-corrected chi connectivity index (χ2v) is 5.73. The first-order valence-electron chi connectivity index (χ1n) is 7.58. The number of Topliss-reactive ketones (excluding diaryl/α,β-unsaturated/α-hetero) is 1. The van der Waals surface area contributed by atoms with Gasteiger partial charge in [0.05, 0.1) is 11.8 Å². The van der Waals surface area contributed by atoms with Gasteiger partial charge >= 0.3 is 5.97 Å². The van der Waals surface area contributed by atoms with Crippen LogP contribution in [0.4, 0.5) is 5.69 Å². The molecule has 0 fully saturated rings. The number of carbonyl (C=O) groups excluding carboxylic acids is 3. The maximum absolute atomic E-state index is 12.0. The number of hydrogen-bond acceptors (Lipinski definition) is 5. The molecule has 0 bridgehead atoms. The molecule has 2 rings (SSSR count). The molecule has 1 heterocycles. The van der Waals surface area contributed by atoms with Crippen molar-refractivity contribution in [2.75, 3.05) is 11.9 Å². The van der Waals surface area contributed by atoms with E-state index in [-0.39, 0.29) is 29.8 Å². The first-order valence-corrected chi connectivity index (χ1v) is 7.58. The summed E-state index contributed by atoms with van der Waals surface area (Å²) < 4.78 is 9.70. The molecule has 0 saturated carbocycles. The van der Waals surface area contributed by atoms with Crippen molar-refractivity contribution >= 4 is 23.3 Å². The topological polar surface area (TPSA) is 85.6 Å². The number of ether oxygens (including phenoxy) is 1. The largest absolute Gasteiger partial charge is 0.472 e. The Morgan fingerprint density at radius 1 is 1.08 bits per heavy atom. The van der Waals surface area contributed by atoms with Crippen molar-refractivity contribution in [3.8, 4) is 0 Å². The summed E-state index contributed by atoms with van der Waals surface area (Å²) in [6.45, 7) is 3.57. The highest BCUT2D eigenvalue weighted by Gasteiger charge is 2.13. The molecule has 1 aromatic heterocycles. The maximum Gasteiger partial charge on any atom is 0.341 e. The zero-order valence-electron chi connectivity index (χ0n) is 13.6. The van der Waals surface area contributed by atoms with Crippen LogP contribution in [0.2, 0.25) is 0 Å². The van der Waals surface area contributed by atoms with E-state index in [9.17, 15) is 14.4 Å². The highest BCUT2D eigenvalue weighted by atomic mass is 16.5. The summed E-state index contributed by atoms with van der Waals surface area (Å²) in [7, 11) is 0. The van der Waals surface area contributed by atoms with Crippen molar-refractivity contribution in [3.63, 3.8) is 0 Å². The van der Waals surface area contributed by atoms with E-state index in [1.54, 1.807) is 24.3 Å². The number of nitrogens with one attached hydrogen (secondary N) is 1. The molecular formula is C18H19NO5. The monoisotopic (exact) mass is 329 g/mol. The minimum absolute atomic E-state index is 0.0712. The van der Waals surface area contributed by atoms with Crippen molar-refractivity contribution in [1.29, 1.82) is 0 Å². The minimum atomic E-state index is -0.616. The van der Waals surface area contributed by atoms with Crippen molar-refractivity contribution in [3.05, 3.63) is 54.0 Å². The average molecular weight is 329 g/mol. The minimum Gasteiger partial charge on any atom is -0.472 e. The highest BCUT2D eigenvalue weighted by molar-refractivity contribution is 6.00. The van der Waals surface area contributed by atoms with Gasteiger partial charge in [0, 0.05) is 17.7 Å². The number of ketones is 1. The predicted molar refractivity (Wildman–Crippen MR) is 87.8 cm³/mol. The van der Waals surface area contributed by atoms with Crippen LogP contribution in [0, 0.1) is 5.92 Å². The van der Waals surface area contributed by atoms with E-state index in [2.05, 4.69) is 5.32 Å². The fourth-order valence-corrected chi connectivity index (χ4v) is 2.00. The van der Waals surface area contributed by atoms with Gasteiger partial charge in [-0.15, -0.1) is 0 Å². The standard InChI is InChI=1S/C18H19NO5/c1-12(2)9-17(21)19-15-5-3-13(4-6-15)16(20)11-24-18(22)14-7-8-23-10-14/h3-8,10,12H,9,11H2,1-2H3,(H,19,21). The van der Waals surface area contributed by atoms with E-state index in [0.717, 1.165) is 0 Å². The van der Waals surface area contributed by atoms with E-state index in [0.29, 0.717) is 17.7 Å². The Morgan fingerprint density at radius 3 is 2.38 bits per heavy atom. The summed E-state index contributed by atoms with van der Waals surface area (Å²) in [4.78, 5) is 35.3. The van der Waals surface area contributed by atoms with E-state index < -0.39 is 5.97 Å². The Kier molecular flexibility index (Phi) is 5.89. The molecule has 0 radical (unpaired) electrons. The molecule has 126 valence electrons. The van der Waals surface area contributed by atoms with Crippen LogP contribution in [0.3, 0.4) is 0 Å². The molecule has 6 nitrogen and oxygen atoms in total. The van der Waals surface area contributed by atoms with E-state index in [1.807, 2.05) is 13.8 Å². The predicted octanol–water partition coefficient (Wildman–Crippen LogP) is 3.30. The zero-order chi connectivity index (χ0) is 17.5. The van der Waals surface area contributed by atoms with Gasteiger partial charge in [-0.05, 0) is 36.2 Å². The molecule has 1 aromatic carbocycles. The molecule has 1 N–H and O–H groups in total. The fourth-order valence-electron chi connectivity index (χ4n) is 2.00. The number of amides is 1. The van der Waals surface area contributed by atoms with Gasteiger partial charge in [-0.3, -0.25) is 9.59 Å². The third-order valence-electron chi connectivity index (χ3n) is 3.18. The zero-order valence-corrected chi connectivity index (χ0v) is 13.6. The number of carbonyl (C=O) groups is 3. The molecule has 0 atom stereocenters. The Balaban J connectivity index is 1.87. The summed E-state index contributed by atoms with van der Waals surface area (Å²) in [5.74, 6) is -0.740. The van der Waals surface area contributed by atoms with Gasteiger partial charge in [-0.1, -0.05) is 13.8 Å². The molecule has 0 aliphatic rings. The van der Waals surface area contributed by atoms with Crippen LogP contribution in [0.25, 0.3) is 0 Å². The Hall–Kier alpha value is -2.89. The third kappa shape index (κ3) is 5.08. The van der Waals surface area contributed by atoms with Gasteiger partial charge in [0.2, 0.25) is 5.91 Å². The van der Waals surface area contributed by atoms with E-state index in [1.165, 1.54) is 18.6 Å². The molecule has 1 amide bonds. The SMILES string of the molecule is CC(C)CC(=O)Nc1ccc(C(=O)COC(=O)c2ccoc2)cc1. The Morgan fingerprint density at radius 2 is 1.79 bits per heavy atom. The van der Waals surface area contributed by atoms with Crippen LogP contribution in [-0.4, -0.2) is 24.3 Å². The lowest BCUT2D eigenvalue weighted by Gasteiger charge is -2.08. The number of rotatable bonds is 7. The summed E-state index contributed by atoms with van der Waals surface area (Å²) in [6.07, 6.45) is 3.04. The van der Waals surface area contributed by atoms with Gasteiger partial charge in [-0.2, -0.15) is 0 Å². The number of anilines is 1. The molecule has 0 spiro atoms. The van der Waals surface area contributed by atoms with Crippen molar-refractivity contribution < 1.29 is 23.5 Å². The van der Waals surface area contributed by atoms with Gasteiger partial charge in [0.15, 0.2) is 12.4 Å². The van der Waals surface area contributed by atoms with Gasteiger partial charge < -0.3 is 14.5 Å². The normalized spacial score (nSPS) is 10.5. The van der Waals surface area contributed by atoms with Crippen molar-refractivity contribution in [1.82, 2.24) is 0 Å². The molecule has 24 heavy (non-hydrogen) atoms. The number of esters is 1. The molecule has 0 saturated heterocycles.